The van der Waals surface area contributed by atoms with Gasteiger partial charge in [-0.2, -0.15) is 5.10 Å². The fourth-order valence-corrected chi connectivity index (χ4v) is 2.96. The summed E-state index contributed by atoms with van der Waals surface area (Å²) in [5.74, 6) is 0.109. The molecule has 1 aliphatic carbocycles. The van der Waals surface area contributed by atoms with Gasteiger partial charge in [0.05, 0.1) is 6.54 Å². The number of carbonyl (C=O) groups is 1. The maximum absolute atomic E-state index is 12.1. The van der Waals surface area contributed by atoms with Crippen molar-refractivity contribution in [3.63, 3.8) is 0 Å². The Morgan fingerprint density at radius 3 is 3.05 bits per heavy atom. The van der Waals surface area contributed by atoms with E-state index in [4.69, 9.17) is 5.73 Å². The Labute approximate surface area is 126 Å². The number of hydrogen-bond donors (Lipinski definition) is 3. The maximum atomic E-state index is 12.1. The van der Waals surface area contributed by atoms with Crippen LogP contribution < -0.4 is 16.4 Å². The number of nitrogen functional groups attached to an aromatic ring is 1. The molecule has 0 unspecified atom stereocenters. The van der Waals surface area contributed by atoms with E-state index in [9.17, 15) is 4.79 Å². The van der Waals surface area contributed by atoms with E-state index in [1.807, 2.05) is 12.3 Å². The van der Waals surface area contributed by atoms with Crippen LogP contribution in [0.25, 0.3) is 0 Å². The van der Waals surface area contributed by atoms with Gasteiger partial charge >= 0.3 is 0 Å². The zero-order valence-electron chi connectivity index (χ0n) is 11.6. The highest BCUT2D eigenvalue weighted by molar-refractivity contribution is 7.18. The number of aromatic nitrogens is 3. The molecule has 4 N–H and O–H groups in total. The Morgan fingerprint density at radius 2 is 2.38 bits per heavy atom. The molecule has 0 aliphatic heterocycles. The number of nitrogens with two attached hydrogens (primary N) is 1. The summed E-state index contributed by atoms with van der Waals surface area (Å²) < 4.78 is 1.76. The molecule has 0 spiro atoms. The van der Waals surface area contributed by atoms with E-state index < -0.39 is 0 Å². The molecule has 0 atom stereocenters. The van der Waals surface area contributed by atoms with Crippen LogP contribution in [0.3, 0.4) is 0 Å². The van der Waals surface area contributed by atoms with Crippen LogP contribution in [0, 0.1) is 0 Å². The van der Waals surface area contributed by atoms with Crippen LogP contribution in [0.1, 0.15) is 28.9 Å². The third kappa shape index (κ3) is 3.33. The van der Waals surface area contributed by atoms with E-state index in [1.165, 1.54) is 17.8 Å². The first kappa shape index (κ1) is 13.9. The zero-order chi connectivity index (χ0) is 14.7. The molecule has 21 heavy (non-hydrogen) atoms. The maximum Gasteiger partial charge on any atom is 0.265 e. The van der Waals surface area contributed by atoms with Crippen LogP contribution in [0.15, 0.2) is 18.5 Å². The molecule has 7 nitrogen and oxygen atoms in total. The zero-order valence-corrected chi connectivity index (χ0v) is 12.4. The summed E-state index contributed by atoms with van der Waals surface area (Å²) >= 11 is 1.31. The Bertz CT molecular complexity index is 604. The van der Waals surface area contributed by atoms with Crippen molar-refractivity contribution in [3.8, 4) is 0 Å². The lowest BCUT2D eigenvalue weighted by Gasteiger charge is -2.25. The molecule has 0 bridgehead atoms. The average molecular weight is 306 g/mol. The van der Waals surface area contributed by atoms with Crippen LogP contribution in [0.4, 0.5) is 10.9 Å². The molecule has 1 amide bonds. The monoisotopic (exact) mass is 306 g/mol. The molecule has 0 aromatic carbocycles. The second-order valence-corrected chi connectivity index (χ2v) is 6.03. The van der Waals surface area contributed by atoms with Crippen molar-refractivity contribution in [2.45, 2.75) is 31.8 Å². The number of amides is 1. The summed E-state index contributed by atoms with van der Waals surface area (Å²) in [4.78, 5) is 16.8. The predicted molar refractivity (Wildman–Crippen MR) is 82.3 cm³/mol. The van der Waals surface area contributed by atoms with Gasteiger partial charge in [-0.1, -0.05) is 11.3 Å². The fraction of sp³-hybridized carbons (Fsp3) is 0.462. The highest BCUT2D eigenvalue weighted by atomic mass is 32.1. The van der Waals surface area contributed by atoms with Crippen molar-refractivity contribution in [2.75, 3.05) is 17.6 Å². The number of carbonyl (C=O) groups excluding carboxylic acids is 1. The molecular weight excluding hydrogens is 288 g/mol. The minimum Gasteiger partial charge on any atom is -0.382 e. The largest absolute Gasteiger partial charge is 0.382 e. The fourth-order valence-electron chi connectivity index (χ4n) is 2.08. The highest BCUT2D eigenvalue weighted by Crippen LogP contribution is 2.29. The van der Waals surface area contributed by atoms with Gasteiger partial charge in [-0.15, -0.1) is 0 Å². The summed E-state index contributed by atoms with van der Waals surface area (Å²) in [7, 11) is 0. The molecule has 1 aliphatic rings. The topological polar surface area (TPSA) is 97.9 Å². The molecule has 2 aromatic rings. The normalized spacial score (nSPS) is 14.7. The summed E-state index contributed by atoms with van der Waals surface area (Å²) in [6.45, 7) is 1.13. The molecular formula is C13H18N6OS. The number of thiazole rings is 1. The lowest BCUT2D eigenvalue weighted by Crippen LogP contribution is -2.27. The van der Waals surface area contributed by atoms with Crippen molar-refractivity contribution in [2.24, 2.45) is 0 Å². The van der Waals surface area contributed by atoms with Crippen LogP contribution in [-0.2, 0) is 6.54 Å². The second kappa shape index (κ2) is 6.13. The van der Waals surface area contributed by atoms with Crippen LogP contribution in [0.2, 0.25) is 0 Å². The van der Waals surface area contributed by atoms with E-state index in [0.29, 0.717) is 29.8 Å². The third-order valence-electron chi connectivity index (χ3n) is 3.48. The minimum absolute atomic E-state index is 0.182. The van der Waals surface area contributed by atoms with Crippen LogP contribution in [-0.4, -0.2) is 33.3 Å². The Hall–Kier alpha value is -2.09. The second-order valence-electron chi connectivity index (χ2n) is 5.03. The number of rotatable bonds is 6. The molecule has 3 rings (SSSR count). The Kier molecular flexibility index (Phi) is 4.05. The molecule has 0 saturated heterocycles. The minimum atomic E-state index is -0.182. The van der Waals surface area contributed by atoms with E-state index in [2.05, 4.69) is 20.7 Å². The smallest absolute Gasteiger partial charge is 0.265 e. The first-order valence-corrected chi connectivity index (χ1v) is 7.82. The first-order valence-electron chi connectivity index (χ1n) is 7.01. The molecule has 112 valence electrons. The van der Waals surface area contributed by atoms with Crippen molar-refractivity contribution < 1.29 is 4.79 Å². The molecule has 8 heteroatoms. The standard InChI is InChI=1S/C13H18N6OS/c14-11-10(21-13(18-11)17-9-3-1-4-9)12(20)15-6-8-19-7-2-5-16-19/h2,5,7,9H,1,3-4,6,8,14H2,(H,15,20)(H,17,18). The Morgan fingerprint density at radius 1 is 1.52 bits per heavy atom. The average Bonchev–Trinajstić information content (AvgIpc) is 3.03. The van der Waals surface area contributed by atoms with Crippen molar-refractivity contribution in [1.82, 2.24) is 20.1 Å². The van der Waals surface area contributed by atoms with Gasteiger partial charge in [0.25, 0.3) is 5.91 Å². The number of anilines is 2. The summed E-state index contributed by atoms with van der Waals surface area (Å²) in [5, 5.41) is 10.9. The van der Waals surface area contributed by atoms with Gasteiger partial charge in [-0.3, -0.25) is 9.48 Å². The third-order valence-corrected chi connectivity index (χ3v) is 4.48. The molecule has 2 aromatic heterocycles. The molecule has 0 radical (unpaired) electrons. The van der Waals surface area contributed by atoms with E-state index >= 15 is 0 Å². The molecule has 2 heterocycles. The molecule has 1 saturated carbocycles. The number of hydrogen-bond acceptors (Lipinski definition) is 6. The number of nitrogens with one attached hydrogen (secondary N) is 2. The van der Waals surface area contributed by atoms with Gasteiger partial charge in [-0.25, -0.2) is 4.98 Å². The van der Waals surface area contributed by atoms with Gasteiger partial charge in [0.15, 0.2) is 5.13 Å². The van der Waals surface area contributed by atoms with Gasteiger partial charge in [-0.05, 0) is 25.3 Å². The number of nitrogens with zero attached hydrogens (tertiary/aromatic N) is 3. The summed E-state index contributed by atoms with van der Waals surface area (Å²) in [6.07, 6.45) is 7.13. The van der Waals surface area contributed by atoms with Gasteiger partial charge in [0, 0.05) is 25.0 Å². The van der Waals surface area contributed by atoms with Gasteiger partial charge in [0.1, 0.15) is 10.7 Å². The van der Waals surface area contributed by atoms with Crippen LogP contribution >= 0.6 is 11.3 Å². The van der Waals surface area contributed by atoms with E-state index in [1.54, 1.807) is 10.9 Å². The quantitative estimate of drug-likeness (QED) is 0.747. The van der Waals surface area contributed by atoms with Crippen molar-refractivity contribution in [1.29, 1.82) is 0 Å². The van der Waals surface area contributed by atoms with E-state index in [0.717, 1.165) is 18.0 Å². The van der Waals surface area contributed by atoms with Crippen molar-refractivity contribution >= 4 is 28.2 Å². The summed E-state index contributed by atoms with van der Waals surface area (Å²) in [6, 6.07) is 2.33. The predicted octanol–water partition coefficient (Wildman–Crippen LogP) is 1.32. The first-order chi connectivity index (χ1) is 10.2. The SMILES string of the molecule is Nc1nc(NC2CCC2)sc1C(=O)NCCn1cccn1. The van der Waals surface area contributed by atoms with Crippen molar-refractivity contribution in [3.05, 3.63) is 23.3 Å². The van der Waals surface area contributed by atoms with Gasteiger partial charge in [0.2, 0.25) is 0 Å². The van der Waals surface area contributed by atoms with Gasteiger partial charge < -0.3 is 16.4 Å². The lowest BCUT2D eigenvalue weighted by atomic mass is 9.93. The highest BCUT2D eigenvalue weighted by Gasteiger charge is 2.21. The molecule has 1 fully saturated rings. The Balaban J connectivity index is 1.53. The van der Waals surface area contributed by atoms with Crippen LogP contribution in [0.5, 0.6) is 0 Å². The summed E-state index contributed by atoms with van der Waals surface area (Å²) in [5.41, 5.74) is 5.82. The van der Waals surface area contributed by atoms with E-state index in [-0.39, 0.29) is 5.91 Å². The lowest BCUT2D eigenvalue weighted by molar-refractivity contribution is 0.0956.